The Morgan fingerprint density at radius 2 is 2.21 bits per heavy atom. The average Bonchev–Trinajstić information content (AvgIpc) is 2.81. The highest BCUT2D eigenvalue weighted by Crippen LogP contribution is 2.32. The molecule has 3 heterocycles. The van der Waals surface area contributed by atoms with Crippen molar-refractivity contribution in [2.24, 2.45) is 0 Å². The zero-order chi connectivity index (χ0) is 13.4. The summed E-state index contributed by atoms with van der Waals surface area (Å²) in [5.74, 6) is 0. The van der Waals surface area contributed by atoms with Gasteiger partial charge in [-0.3, -0.25) is 4.90 Å². The summed E-state index contributed by atoms with van der Waals surface area (Å²) in [6.07, 6.45) is 7.93. The highest BCUT2D eigenvalue weighted by molar-refractivity contribution is 6.30. The maximum Gasteiger partial charge on any atom is 0.138 e. The molecule has 0 aliphatic carbocycles. The molecule has 3 nitrogen and oxygen atoms in total. The van der Waals surface area contributed by atoms with Gasteiger partial charge in [-0.2, -0.15) is 0 Å². The lowest BCUT2D eigenvalue weighted by molar-refractivity contribution is 0.109. The first-order chi connectivity index (χ1) is 9.15. The van der Waals surface area contributed by atoms with Gasteiger partial charge in [0, 0.05) is 23.5 Å². The topological polar surface area (TPSA) is 20.5 Å². The van der Waals surface area contributed by atoms with E-state index < -0.39 is 0 Å². The summed E-state index contributed by atoms with van der Waals surface area (Å²) in [5, 5.41) is 0.744. The van der Waals surface area contributed by atoms with E-state index in [1.54, 1.807) is 0 Å². The van der Waals surface area contributed by atoms with E-state index in [0.717, 1.165) is 10.7 Å². The number of halogens is 1. The number of piperidine rings is 1. The summed E-state index contributed by atoms with van der Waals surface area (Å²) in [6.45, 7) is 5.72. The molecular formula is C15H20ClN3. The molecule has 0 spiro atoms. The van der Waals surface area contributed by atoms with Crippen LogP contribution in [0.2, 0.25) is 5.02 Å². The third-order valence-corrected chi connectivity index (χ3v) is 4.22. The van der Waals surface area contributed by atoms with Gasteiger partial charge in [0.1, 0.15) is 5.65 Å². The van der Waals surface area contributed by atoms with Crippen LogP contribution in [0, 0.1) is 0 Å². The van der Waals surface area contributed by atoms with E-state index in [4.69, 9.17) is 16.6 Å². The van der Waals surface area contributed by atoms with Gasteiger partial charge in [0.2, 0.25) is 0 Å². The van der Waals surface area contributed by atoms with Crippen LogP contribution in [0.25, 0.3) is 5.65 Å². The highest BCUT2D eigenvalue weighted by atomic mass is 35.5. The van der Waals surface area contributed by atoms with Crippen molar-refractivity contribution >= 4 is 17.2 Å². The van der Waals surface area contributed by atoms with Crippen LogP contribution < -0.4 is 0 Å². The lowest BCUT2D eigenvalue weighted by Gasteiger charge is -2.37. The number of rotatable bonds is 2. The standard InChI is InChI=1S/C15H20ClN3/c1-11(2)19-7-4-3-5-14(19)13-10-18-8-6-12(16)9-15(18)17-13/h6,8-11,14H,3-5,7H2,1-2H3. The van der Waals surface area contributed by atoms with Crippen molar-refractivity contribution in [1.82, 2.24) is 14.3 Å². The predicted molar refractivity (Wildman–Crippen MR) is 78.6 cm³/mol. The number of aromatic nitrogens is 2. The Labute approximate surface area is 119 Å². The zero-order valence-corrected chi connectivity index (χ0v) is 12.3. The third kappa shape index (κ3) is 2.49. The van der Waals surface area contributed by atoms with Crippen molar-refractivity contribution in [2.45, 2.75) is 45.2 Å². The van der Waals surface area contributed by atoms with Crippen molar-refractivity contribution in [3.63, 3.8) is 0 Å². The van der Waals surface area contributed by atoms with Gasteiger partial charge in [0.25, 0.3) is 0 Å². The molecule has 1 unspecified atom stereocenters. The van der Waals surface area contributed by atoms with Crippen molar-refractivity contribution in [3.8, 4) is 0 Å². The number of imidazole rings is 1. The Bertz CT molecular complexity index is 576. The molecule has 0 radical (unpaired) electrons. The molecule has 4 heteroatoms. The van der Waals surface area contributed by atoms with Crippen LogP contribution in [0.3, 0.4) is 0 Å². The van der Waals surface area contributed by atoms with Crippen LogP contribution in [0.15, 0.2) is 24.5 Å². The number of hydrogen-bond donors (Lipinski definition) is 0. The first kappa shape index (κ1) is 12.9. The molecule has 2 aromatic heterocycles. The van der Waals surface area contributed by atoms with Crippen molar-refractivity contribution < 1.29 is 0 Å². The van der Waals surface area contributed by atoms with Crippen LogP contribution in [-0.2, 0) is 0 Å². The molecule has 2 aromatic rings. The molecule has 1 aliphatic heterocycles. The normalized spacial score (nSPS) is 21.4. The van der Waals surface area contributed by atoms with Gasteiger partial charge in [-0.15, -0.1) is 0 Å². The zero-order valence-electron chi connectivity index (χ0n) is 11.5. The fourth-order valence-electron chi connectivity index (χ4n) is 3.03. The molecule has 1 aliphatic rings. The van der Waals surface area contributed by atoms with E-state index in [9.17, 15) is 0 Å². The molecule has 0 N–H and O–H groups in total. The Morgan fingerprint density at radius 3 is 3.00 bits per heavy atom. The fraction of sp³-hybridized carbons (Fsp3) is 0.533. The van der Waals surface area contributed by atoms with Gasteiger partial charge < -0.3 is 4.40 Å². The van der Waals surface area contributed by atoms with E-state index in [0.29, 0.717) is 12.1 Å². The summed E-state index contributed by atoms with van der Waals surface area (Å²) in [5.41, 5.74) is 2.12. The van der Waals surface area contributed by atoms with Gasteiger partial charge in [-0.05, 0) is 45.4 Å². The predicted octanol–water partition coefficient (Wildman–Crippen LogP) is 3.92. The van der Waals surface area contributed by atoms with E-state index in [1.165, 1.54) is 31.5 Å². The minimum Gasteiger partial charge on any atom is -0.307 e. The second-order valence-corrected chi connectivity index (χ2v) is 6.06. The van der Waals surface area contributed by atoms with Crippen LogP contribution in [-0.4, -0.2) is 26.9 Å². The van der Waals surface area contributed by atoms with Crippen molar-refractivity contribution in [2.75, 3.05) is 6.54 Å². The molecule has 1 atom stereocenters. The quantitative estimate of drug-likeness (QED) is 0.829. The number of pyridine rings is 1. The summed E-state index contributed by atoms with van der Waals surface area (Å²) in [7, 11) is 0. The van der Waals surface area contributed by atoms with Crippen LogP contribution in [0.4, 0.5) is 0 Å². The smallest absolute Gasteiger partial charge is 0.138 e. The lowest BCUT2D eigenvalue weighted by Crippen LogP contribution is -2.38. The van der Waals surface area contributed by atoms with E-state index in [1.807, 2.05) is 18.3 Å². The summed E-state index contributed by atoms with van der Waals surface area (Å²) in [6, 6.07) is 4.85. The Balaban J connectivity index is 1.97. The molecule has 19 heavy (non-hydrogen) atoms. The maximum absolute atomic E-state index is 6.03. The van der Waals surface area contributed by atoms with Gasteiger partial charge in [0.15, 0.2) is 0 Å². The molecule has 102 valence electrons. The number of fused-ring (bicyclic) bond motifs is 1. The van der Waals surface area contributed by atoms with Crippen LogP contribution >= 0.6 is 11.6 Å². The van der Waals surface area contributed by atoms with Crippen LogP contribution in [0.5, 0.6) is 0 Å². The second-order valence-electron chi connectivity index (χ2n) is 5.62. The molecule has 0 aromatic carbocycles. The molecule has 1 saturated heterocycles. The first-order valence-corrected chi connectivity index (χ1v) is 7.43. The Kier molecular flexibility index (Phi) is 3.50. The Hall–Kier alpha value is -1.06. The van der Waals surface area contributed by atoms with Gasteiger partial charge in [0.05, 0.1) is 11.7 Å². The molecule has 0 amide bonds. The SMILES string of the molecule is CC(C)N1CCCCC1c1cn2ccc(Cl)cc2n1. The molecule has 1 fully saturated rings. The van der Waals surface area contributed by atoms with Gasteiger partial charge >= 0.3 is 0 Å². The summed E-state index contributed by atoms with van der Waals surface area (Å²) < 4.78 is 2.06. The number of nitrogens with zero attached hydrogens (tertiary/aromatic N) is 3. The largest absolute Gasteiger partial charge is 0.307 e. The van der Waals surface area contributed by atoms with Gasteiger partial charge in [-0.1, -0.05) is 18.0 Å². The molecular weight excluding hydrogens is 258 g/mol. The number of hydrogen-bond acceptors (Lipinski definition) is 2. The van der Waals surface area contributed by atoms with Crippen molar-refractivity contribution in [3.05, 3.63) is 35.2 Å². The van der Waals surface area contributed by atoms with Gasteiger partial charge in [-0.25, -0.2) is 4.98 Å². The van der Waals surface area contributed by atoms with E-state index >= 15 is 0 Å². The molecule has 3 rings (SSSR count). The second kappa shape index (κ2) is 5.14. The lowest BCUT2D eigenvalue weighted by atomic mass is 9.98. The average molecular weight is 278 g/mol. The van der Waals surface area contributed by atoms with E-state index in [2.05, 4.69) is 29.3 Å². The Morgan fingerprint density at radius 1 is 1.37 bits per heavy atom. The highest BCUT2D eigenvalue weighted by Gasteiger charge is 2.27. The molecule has 0 saturated carbocycles. The van der Waals surface area contributed by atoms with Crippen LogP contribution in [0.1, 0.15) is 44.8 Å². The fourth-order valence-corrected chi connectivity index (χ4v) is 3.18. The third-order valence-electron chi connectivity index (χ3n) is 3.99. The minimum atomic E-state index is 0.451. The molecule has 0 bridgehead atoms. The summed E-state index contributed by atoms with van der Waals surface area (Å²) in [4.78, 5) is 7.33. The monoisotopic (exact) mass is 277 g/mol. The maximum atomic E-state index is 6.03. The first-order valence-electron chi connectivity index (χ1n) is 7.05. The van der Waals surface area contributed by atoms with E-state index in [-0.39, 0.29) is 0 Å². The number of likely N-dealkylation sites (tertiary alicyclic amines) is 1. The minimum absolute atomic E-state index is 0.451. The summed E-state index contributed by atoms with van der Waals surface area (Å²) >= 11 is 6.03. The van der Waals surface area contributed by atoms with Crippen molar-refractivity contribution in [1.29, 1.82) is 0 Å².